The highest BCUT2D eigenvalue weighted by Crippen LogP contribution is 2.20. The summed E-state index contributed by atoms with van der Waals surface area (Å²) in [5.74, 6) is 1.13. The number of ether oxygens (including phenoxy) is 1. The van der Waals surface area contributed by atoms with Gasteiger partial charge in [-0.25, -0.2) is 0 Å². The van der Waals surface area contributed by atoms with Crippen LogP contribution in [0.5, 0.6) is 0 Å². The van der Waals surface area contributed by atoms with Gasteiger partial charge in [-0.05, 0) is 30.0 Å². The summed E-state index contributed by atoms with van der Waals surface area (Å²) < 4.78 is 5.51. The minimum Gasteiger partial charge on any atom is -0.379 e. The fourth-order valence-electron chi connectivity index (χ4n) is 3.55. The van der Waals surface area contributed by atoms with Gasteiger partial charge in [0.05, 0.1) is 19.8 Å². The molecule has 1 heterocycles. The van der Waals surface area contributed by atoms with E-state index in [4.69, 9.17) is 10.5 Å². The average molecular weight is 347 g/mol. The van der Waals surface area contributed by atoms with E-state index in [0.29, 0.717) is 17.9 Å². The summed E-state index contributed by atoms with van der Waals surface area (Å²) in [5.41, 5.74) is 8.45. The Hall–Kier alpha value is -1.59. The first-order chi connectivity index (χ1) is 12.2. The minimum absolute atomic E-state index is 0.432. The molecule has 0 amide bonds. The molecule has 1 unspecified atom stereocenters. The van der Waals surface area contributed by atoms with Crippen molar-refractivity contribution >= 4 is 11.6 Å². The number of nitrogens with two attached hydrogens (primary N) is 1. The lowest BCUT2D eigenvalue weighted by atomic mass is 9.92. The predicted molar refractivity (Wildman–Crippen MR) is 106 cm³/mol. The molecule has 2 rings (SSSR count). The molecule has 3 N–H and O–H groups in total. The van der Waals surface area contributed by atoms with Crippen LogP contribution in [0.3, 0.4) is 0 Å². The van der Waals surface area contributed by atoms with Crippen LogP contribution in [0.25, 0.3) is 0 Å². The first kappa shape index (κ1) is 19.7. The number of morpholine rings is 1. The number of aryl methyl sites for hydroxylation is 1. The Labute approximate surface area is 152 Å². The van der Waals surface area contributed by atoms with Crippen molar-refractivity contribution in [1.29, 1.82) is 0 Å². The van der Waals surface area contributed by atoms with Gasteiger partial charge < -0.3 is 15.8 Å². The van der Waals surface area contributed by atoms with Crippen molar-refractivity contribution in [3.05, 3.63) is 29.8 Å². The van der Waals surface area contributed by atoms with Gasteiger partial charge in [0.25, 0.3) is 0 Å². The lowest BCUT2D eigenvalue weighted by molar-refractivity contribution is 0.00398. The van der Waals surface area contributed by atoms with Gasteiger partial charge in [-0.3, -0.25) is 9.89 Å². The Morgan fingerprint density at radius 1 is 1.24 bits per heavy atom. The number of anilines is 1. The number of hydrogen-bond donors (Lipinski definition) is 2. The van der Waals surface area contributed by atoms with Gasteiger partial charge >= 0.3 is 0 Å². The zero-order valence-corrected chi connectivity index (χ0v) is 16.0. The van der Waals surface area contributed by atoms with Gasteiger partial charge in [-0.2, -0.15) is 0 Å². The van der Waals surface area contributed by atoms with Gasteiger partial charge in [0.1, 0.15) is 0 Å². The van der Waals surface area contributed by atoms with Crippen molar-refractivity contribution in [2.45, 2.75) is 46.1 Å². The summed E-state index contributed by atoms with van der Waals surface area (Å²) in [4.78, 5) is 7.19. The average Bonchev–Trinajstić information content (AvgIpc) is 2.66. The van der Waals surface area contributed by atoms with Gasteiger partial charge in [0.15, 0.2) is 5.96 Å². The van der Waals surface area contributed by atoms with Gasteiger partial charge in [-0.1, -0.05) is 45.7 Å². The summed E-state index contributed by atoms with van der Waals surface area (Å²) >= 11 is 0. The normalized spacial score (nSPS) is 17.7. The quantitative estimate of drug-likeness (QED) is 0.561. The Kier molecular flexibility index (Phi) is 8.22. The number of nitrogens with zero attached hydrogens (tertiary/aromatic N) is 2. The van der Waals surface area contributed by atoms with Crippen molar-refractivity contribution < 1.29 is 4.74 Å². The Morgan fingerprint density at radius 3 is 2.60 bits per heavy atom. The molecular formula is C20H34N4O. The summed E-state index contributed by atoms with van der Waals surface area (Å²) in [6, 6.07) is 8.76. The number of nitrogens with one attached hydrogen (secondary N) is 1. The monoisotopic (exact) mass is 346 g/mol. The molecule has 0 aliphatic carbocycles. The molecule has 1 aliphatic heterocycles. The van der Waals surface area contributed by atoms with Crippen molar-refractivity contribution in [3.63, 3.8) is 0 Å². The van der Waals surface area contributed by atoms with Crippen LogP contribution >= 0.6 is 0 Å². The van der Waals surface area contributed by atoms with Crippen molar-refractivity contribution in [3.8, 4) is 0 Å². The van der Waals surface area contributed by atoms with Crippen molar-refractivity contribution in [1.82, 2.24) is 4.90 Å². The topological polar surface area (TPSA) is 62.9 Å². The highest BCUT2D eigenvalue weighted by atomic mass is 16.5. The second-order valence-corrected chi connectivity index (χ2v) is 6.70. The maximum absolute atomic E-state index is 6.15. The molecule has 0 radical (unpaired) electrons. The van der Waals surface area contributed by atoms with E-state index in [0.717, 1.165) is 45.0 Å². The lowest BCUT2D eigenvalue weighted by Gasteiger charge is -2.38. The molecule has 0 aromatic heterocycles. The van der Waals surface area contributed by atoms with E-state index in [1.54, 1.807) is 0 Å². The highest BCUT2D eigenvalue weighted by molar-refractivity contribution is 5.92. The molecular weight excluding hydrogens is 312 g/mol. The lowest BCUT2D eigenvalue weighted by Crippen LogP contribution is -2.48. The second kappa shape index (κ2) is 10.4. The third-order valence-electron chi connectivity index (χ3n) is 5.16. The fourth-order valence-corrected chi connectivity index (χ4v) is 3.55. The van der Waals surface area contributed by atoms with Crippen LogP contribution in [0.1, 0.15) is 39.2 Å². The Balaban J connectivity index is 2.02. The standard InChI is InChI=1S/C20H34N4O/c1-4-16-8-7-9-18(14-16)23-20(21)22-15-19(17(5-2)6-3)24-10-12-25-13-11-24/h7-9,14,17,19H,4-6,10-13,15H2,1-3H3,(H3,21,22,23). The largest absolute Gasteiger partial charge is 0.379 e. The van der Waals surface area contributed by atoms with Gasteiger partial charge in [-0.15, -0.1) is 0 Å². The maximum atomic E-state index is 6.15. The molecule has 5 heteroatoms. The number of rotatable bonds is 8. The number of aliphatic imine (C=N–C) groups is 1. The smallest absolute Gasteiger partial charge is 0.193 e. The van der Waals surface area contributed by atoms with E-state index >= 15 is 0 Å². The summed E-state index contributed by atoms with van der Waals surface area (Å²) in [5, 5.41) is 3.23. The van der Waals surface area contributed by atoms with E-state index in [1.165, 1.54) is 18.4 Å². The summed E-state index contributed by atoms with van der Waals surface area (Å²) in [6.45, 7) is 11.0. The fraction of sp³-hybridized carbons (Fsp3) is 0.650. The molecule has 1 fully saturated rings. The van der Waals surface area contributed by atoms with Crippen LogP contribution in [0.4, 0.5) is 5.69 Å². The van der Waals surface area contributed by atoms with E-state index < -0.39 is 0 Å². The molecule has 0 spiro atoms. The SMILES string of the molecule is CCc1cccc(NC(N)=NCC(C(CC)CC)N2CCOCC2)c1. The highest BCUT2D eigenvalue weighted by Gasteiger charge is 2.26. The minimum atomic E-state index is 0.432. The van der Waals surface area contributed by atoms with E-state index in [9.17, 15) is 0 Å². The van der Waals surface area contributed by atoms with Crippen LogP contribution in [0, 0.1) is 5.92 Å². The van der Waals surface area contributed by atoms with Crippen LogP contribution in [0.15, 0.2) is 29.3 Å². The van der Waals surface area contributed by atoms with E-state index in [-0.39, 0.29) is 0 Å². The Bertz CT molecular complexity index is 536. The first-order valence-electron chi connectivity index (χ1n) is 9.65. The zero-order valence-electron chi connectivity index (χ0n) is 16.0. The summed E-state index contributed by atoms with van der Waals surface area (Å²) in [7, 11) is 0. The van der Waals surface area contributed by atoms with Crippen LogP contribution < -0.4 is 11.1 Å². The van der Waals surface area contributed by atoms with Crippen molar-refractivity contribution in [2.24, 2.45) is 16.6 Å². The molecule has 1 saturated heterocycles. The molecule has 1 aromatic rings. The van der Waals surface area contributed by atoms with Gasteiger partial charge in [0, 0.05) is 24.8 Å². The van der Waals surface area contributed by atoms with Crippen LogP contribution in [0.2, 0.25) is 0 Å². The number of benzene rings is 1. The molecule has 1 aliphatic rings. The molecule has 140 valence electrons. The van der Waals surface area contributed by atoms with Crippen LogP contribution in [-0.4, -0.2) is 49.7 Å². The van der Waals surface area contributed by atoms with Crippen molar-refractivity contribution in [2.75, 3.05) is 38.2 Å². The number of hydrogen-bond acceptors (Lipinski definition) is 3. The Morgan fingerprint density at radius 2 is 1.96 bits per heavy atom. The summed E-state index contributed by atoms with van der Waals surface area (Å²) in [6.07, 6.45) is 3.35. The zero-order chi connectivity index (χ0) is 18.1. The molecule has 0 saturated carbocycles. The maximum Gasteiger partial charge on any atom is 0.193 e. The molecule has 25 heavy (non-hydrogen) atoms. The third kappa shape index (κ3) is 6.01. The number of guanidine groups is 1. The van der Waals surface area contributed by atoms with Crippen LogP contribution in [-0.2, 0) is 11.2 Å². The molecule has 0 bridgehead atoms. The first-order valence-corrected chi connectivity index (χ1v) is 9.65. The third-order valence-corrected chi connectivity index (χ3v) is 5.16. The van der Waals surface area contributed by atoms with E-state index in [2.05, 4.69) is 54.2 Å². The van der Waals surface area contributed by atoms with Gasteiger partial charge in [0.2, 0.25) is 0 Å². The second-order valence-electron chi connectivity index (χ2n) is 6.70. The van der Waals surface area contributed by atoms with E-state index in [1.807, 2.05) is 6.07 Å². The molecule has 5 nitrogen and oxygen atoms in total. The molecule has 1 aromatic carbocycles. The molecule has 1 atom stereocenters. The predicted octanol–water partition coefficient (Wildman–Crippen LogP) is 3.11.